The van der Waals surface area contributed by atoms with Gasteiger partial charge < -0.3 is 15.1 Å². The minimum atomic E-state index is -0.0860. The van der Waals surface area contributed by atoms with Crippen LogP contribution in [0.15, 0.2) is 40.8 Å². The van der Waals surface area contributed by atoms with E-state index in [1.165, 1.54) is 5.56 Å². The molecular formula is C17H22N2O2. The predicted octanol–water partition coefficient (Wildman–Crippen LogP) is 3.10. The van der Waals surface area contributed by atoms with Gasteiger partial charge >= 0.3 is 0 Å². The molecular weight excluding hydrogens is 264 g/mol. The van der Waals surface area contributed by atoms with Crippen LogP contribution < -0.4 is 5.73 Å². The van der Waals surface area contributed by atoms with E-state index in [4.69, 9.17) is 10.2 Å². The molecule has 2 N–H and O–H groups in total. The van der Waals surface area contributed by atoms with Gasteiger partial charge in [-0.25, -0.2) is 0 Å². The van der Waals surface area contributed by atoms with Crippen LogP contribution in [0, 0.1) is 6.92 Å². The van der Waals surface area contributed by atoms with Crippen molar-refractivity contribution >= 4 is 5.91 Å². The molecule has 1 heterocycles. The van der Waals surface area contributed by atoms with Gasteiger partial charge in [0.25, 0.3) is 5.91 Å². The van der Waals surface area contributed by atoms with Crippen molar-refractivity contribution in [2.75, 3.05) is 6.54 Å². The summed E-state index contributed by atoms with van der Waals surface area (Å²) in [5, 5.41) is 0. The second-order valence-electron chi connectivity index (χ2n) is 5.18. The molecule has 0 radical (unpaired) electrons. The summed E-state index contributed by atoms with van der Waals surface area (Å²) >= 11 is 0. The number of hydrogen-bond donors (Lipinski definition) is 1. The number of nitrogens with zero attached hydrogens (tertiary/aromatic N) is 1. The number of furan rings is 1. The smallest absolute Gasteiger partial charge is 0.289 e. The second kappa shape index (κ2) is 7.09. The van der Waals surface area contributed by atoms with Crippen LogP contribution in [0.5, 0.6) is 0 Å². The average Bonchev–Trinajstić information content (AvgIpc) is 2.97. The van der Waals surface area contributed by atoms with Crippen LogP contribution in [0.1, 0.15) is 40.8 Å². The highest BCUT2D eigenvalue weighted by Crippen LogP contribution is 2.14. The largest absolute Gasteiger partial charge is 0.455 e. The molecule has 0 atom stereocenters. The molecule has 0 bridgehead atoms. The molecule has 0 saturated heterocycles. The van der Waals surface area contributed by atoms with Crippen molar-refractivity contribution in [3.8, 4) is 0 Å². The van der Waals surface area contributed by atoms with Gasteiger partial charge in [0.2, 0.25) is 0 Å². The average molecular weight is 286 g/mol. The SMILES string of the molecule is CCCN(Cc1ccc(C)cc1)C(=O)c1ccc(CN)o1. The number of benzene rings is 1. The summed E-state index contributed by atoms with van der Waals surface area (Å²) in [6.07, 6.45) is 0.905. The minimum absolute atomic E-state index is 0.0860. The maximum absolute atomic E-state index is 12.5. The molecule has 0 aliphatic rings. The van der Waals surface area contributed by atoms with E-state index in [0.717, 1.165) is 12.0 Å². The molecule has 0 fully saturated rings. The van der Waals surface area contributed by atoms with Gasteiger partial charge in [-0.1, -0.05) is 36.8 Å². The summed E-state index contributed by atoms with van der Waals surface area (Å²) < 4.78 is 5.46. The van der Waals surface area contributed by atoms with Crippen molar-refractivity contribution in [3.05, 3.63) is 59.0 Å². The summed E-state index contributed by atoms with van der Waals surface area (Å²) in [6.45, 7) is 5.70. The monoisotopic (exact) mass is 286 g/mol. The number of nitrogens with two attached hydrogens (primary N) is 1. The Labute approximate surface area is 125 Å². The first kappa shape index (κ1) is 15.3. The third kappa shape index (κ3) is 3.95. The van der Waals surface area contributed by atoms with Crippen molar-refractivity contribution in [2.24, 2.45) is 5.73 Å². The molecule has 1 amide bonds. The molecule has 0 aliphatic carbocycles. The summed E-state index contributed by atoms with van der Waals surface area (Å²) in [7, 11) is 0. The first-order chi connectivity index (χ1) is 10.1. The highest BCUT2D eigenvalue weighted by Gasteiger charge is 2.18. The Hall–Kier alpha value is -2.07. The van der Waals surface area contributed by atoms with E-state index >= 15 is 0 Å². The van der Waals surface area contributed by atoms with Crippen molar-refractivity contribution in [2.45, 2.75) is 33.4 Å². The molecule has 0 saturated carbocycles. The summed E-state index contributed by atoms with van der Waals surface area (Å²) in [4.78, 5) is 14.3. The molecule has 0 aliphatic heterocycles. The Balaban J connectivity index is 2.13. The predicted molar refractivity (Wildman–Crippen MR) is 82.8 cm³/mol. The van der Waals surface area contributed by atoms with Crippen LogP contribution in [-0.4, -0.2) is 17.4 Å². The first-order valence-electron chi connectivity index (χ1n) is 7.27. The van der Waals surface area contributed by atoms with Crippen molar-refractivity contribution in [1.82, 2.24) is 4.90 Å². The number of carbonyl (C=O) groups excluding carboxylic acids is 1. The van der Waals surface area contributed by atoms with Gasteiger partial charge in [-0.15, -0.1) is 0 Å². The fourth-order valence-electron chi connectivity index (χ4n) is 2.19. The molecule has 1 aromatic carbocycles. The van der Waals surface area contributed by atoms with Crippen molar-refractivity contribution < 1.29 is 9.21 Å². The van der Waals surface area contributed by atoms with Crippen LogP contribution in [0.3, 0.4) is 0 Å². The van der Waals surface area contributed by atoms with Gasteiger partial charge in [-0.3, -0.25) is 4.79 Å². The Kier molecular flexibility index (Phi) is 5.17. The third-order valence-corrected chi connectivity index (χ3v) is 3.35. The minimum Gasteiger partial charge on any atom is -0.455 e. The molecule has 1 aromatic heterocycles. The van der Waals surface area contributed by atoms with Crippen LogP contribution in [0.25, 0.3) is 0 Å². The number of hydrogen-bond acceptors (Lipinski definition) is 3. The summed E-state index contributed by atoms with van der Waals surface area (Å²) in [6, 6.07) is 11.7. The van der Waals surface area contributed by atoms with E-state index in [0.29, 0.717) is 31.2 Å². The topological polar surface area (TPSA) is 59.5 Å². The zero-order chi connectivity index (χ0) is 15.2. The van der Waals surface area contributed by atoms with Crippen molar-refractivity contribution in [1.29, 1.82) is 0 Å². The van der Waals surface area contributed by atoms with E-state index in [-0.39, 0.29) is 5.91 Å². The molecule has 4 heteroatoms. The zero-order valence-corrected chi connectivity index (χ0v) is 12.6. The van der Waals surface area contributed by atoms with E-state index in [1.807, 2.05) is 4.90 Å². The molecule has 21 heavy (non-hydrogen) atoms. The van der Waals surface area contributed by atoms with E-state index in [9.17, 15) is 4.79 Å². The molecule has 112 valence electrons. The van der Waals surface area contributed by atoms with Crippen LogP contribution in [0.2, 0.25) is 0 Å². The molecule has 0 unspecified atom stereocenters. The summed E-state index contributed by atoms with van der Waals surface area (Å²) in [5.74, 6) is 0.901. The second-order valence-corrected chi connectivity index (χ2v) is 5.18. The zero-order valence-electron chi connectivity index (χ0n) is 12.6. The normalized spacial score (nSPS) is 10.6. The number of aryl methyl sites for hydroxylation is 1. The molecule has 4 nitrogen and oxygen atoms in total. The van der Waals surface area contributed by atoms with Crippen LogP contribution in [-0.2, 0) is 13.1 Å². The van der Waals surface area contributed by atoms with Gasteiger partial charge in [-0.05, 0) is 31.0 Å². The lowest BCUT2D eigenvalue weighted by Crippen LogP contribution is -2.31. The molecule has 0 spiro atoms. The highest BCUT2D eigenvalue weighted by atomic mass is 16.4. The van der Waals surface area contributed by atoms with Crippen molar-refractivity contribution in [3.63, 3.8) is 0 Å². The number of rotatable bonds is 6. The van der Waals surface area contributed by atoms with Gasteiger partial charge in [0.15, 0.2) is 5.76 Å². The lowest BCUT2D eigenvalue weighted by Gasteiger charge is -2.21. The Morgan fingerprint density at radius 1 is 1.19 bits per heavy atom. The van der Waals surface area contributed by atoms with E-state index in [1.54, 1.807) is 12.1 Å². The lowest BCUT2D eigenvalue weighted by molar-refractivity contribution is 0.0709. The van der Waals surface area contributed by atoms with Gasteiger partial charge in [0.05, 0.1) is 6.54 Å². The standard InChI is InChI=1S/C17H22N2O2/c1-3-10-19(12-14-6-4-13(2)5-7-14)17(20)16-9-8-15(11-18)21-16/h4-9H,3,10-12,18H2,1-2H3. The van der Waals surface area contributed by atoms with Gasteiger partial charge in [-0.2, -0.15) is 0 Å². The van der Waals surface area contributed by atoms with Gasteiger partial charge in [0, 0.05) is 13.1 Å². The number of amides is 1. The first-order valence-corrected chi connectivity index (χ1v) is 7.27. The molecule has 2 aromatic rings. The van der Waals surface area contributed by atoms with Crippen LogP contribution in [0.4, 0.5) is 0 Å². The lowest BCUT2D eigenvalue weighted by atomic mass is 10.1. The van der Waals surface area contributed by atoms with E-state index < -0.39 is 0 Å². The fraction of sp³-hybridized carbons (Fsp3) is 0.353. The molecule has 2 rings (SSSR count). The Morgan fingerprint density at radius 3 is 2.48 bits per heavy atom. The van der Waals surface area contributed by atoms with E-state index in [2.05, 4.69) is 38.1 Å². The van der Waals surface area contributed by atoms with Crippen LogP contribution >= 0.6 is 0 Å². The Bertz CT molecular complexity index is 587. The maximum atomic E-state index is 12.5. The third-order valence-electron chi connectivity index (χ3n) is 3.35. The maximum Gasteiger partial charge on any atom is 0.289 e. The Morgan fingerprint density at radius 2 is 1.90 bits per heavy atom. The number of carbonyl (C=O) groups is 1. The summed E-state index contributed by atoms with van der Waals surface area (Å²) in [5.41, 5.74) is 7.85. The quantitative estimate of drug-likeness (QED) is 0.887. The fourth-order valence-corrected chi connectivity index (χ4v) is 2.19. The van der Waals surface area contributed by atoms with Gasteiger partial charge in [0.1, 0.15) is 5.76 Å². The highest BCUT2D eigenvalue weighted by molar-refractivity contribution is 5.91.